The van der Waals surface area contributed by atoms with Gasteiger partial charge in [-0.15, -0.1) is 0 Å². The number of urea groups is 1. The lowest BCUT2D eigenvalue weighted by Crippen LogP contribution is -2.37. The molecule has 24 heavy (non-hydrogen) atoms. The monoisotopic (exact) mass is 368 g/mol. The second-order valence-electron chi connectivity index (χ2n) is 4.84. The van der Waals surface area contributed by atoms with Gasteiger partial charge < -0.3 is 20.1 Å². The van der Waals surface area contributed by atoms with E-state index in [4.69, 9.17) is 32.7 Å². The van der Waals surface area contributed by atoms with Crippen molar-refractivity contribution in [3.8, 4) is 11.5 Å². The number of carbonyl (C=O) groups is 1. The van der Waals surface area contributed by atoms with E-state index in [2.05, 4.69) is 10.6 Å². The number of hydrogen-bond donors (Lipinski definition) is 2. The summed E-state index contributed by atoms with van der Waals surface area (Å²) < 4.78 is 10.8. The molecule has 0 bridgehead atoms. The lowest BCUT2D eigenvalue weighted by atomic mass is 10.2. The molecule has 0 saturated heterocycles. The van der Waals surface area contributed by atoms with E-state index in [0.717, 1.165) is 5.56 Å². The zero-order chi connectivity index (χ0) is 17.4. The number of para-hydroxylation sites is 2. The van der Waals surface area contributed by atoms with E-state index >= 15 is 0 Å². The minimum Gasteiger partial charge on any atom is -0.493 e. The van der Waals surface area contributed by atoms with Gasteiger partial charge in [0, 0.05) is 16.6 Å². The summed E-state index contributed by atoms with van der Waals surface area (Å²) in [5.74, 6) is 1.29. The maximum atomic E-state index is 11.8. The summed E-state index contributed by atoms with van der Waals surface area (Å²) in [6, 6.07) is 12.2. The quantitative estimate of drug-likeness (QED) is 0.729. The molecule has 0 aliphatic carbocycles. The van der Waals surface area contributed by atoms with Crippen molar-refractivity contribution >= 4 is 29.2 Å². The van der Waals surface area contributed by atoms with Gasteiger partial charge in [-0.2, -0.15) is 0 Å². The summed E-state index contributed by atoms with van der Waals surface area (Å²) >= 11 is 11.9. The molecule has 2 aromatic rings. The third-order valence-corrected chi connectivity index (χ3v) is 3.76. The number of carbonyl (C=O) groups excluding carboxylic acids is 1. The molecule has 128 valence electrons. The molecule has 0 spiro atoms. The molecule has 0 fully saturated rings. The summed E-state index contributed by atoms with van der Waals surface area (Å²) in [5.41, 5.74) is 0.793. The minimum atomic E-state index is -0.301. The molecule has 0 atom stereocenters. The highest BCUT2D eigenvalue weighted by molar-refractivity contribution is 6.35. The molecule has 7 heteroatoms. The van der Waals surface area contributed by atoms with Crippen LogP contribution in [0.25, 0.3) is 0 Å². The summed E-state index contributed by atoms with van der Waals surface area (Å²) in [5, 5.41) is 6.50. The summed E-state index contributed by atoms with van der Waals surface area (Å²) in [6.07, 6.45) is 0. The minimum absolute atomic E-state index is 0.301. The van der Waals surface area contributed by atoms with Gasteiger partial charge in [0.15, 0.2) is 11.5 Å². The van der Waals surface area contributed by atoms with Gasteiger partial charge in [0.05, 0.1) is 13.7 Å². The van der Waals surface area contributed by atoms with Crippen molar-refractivity contribution in [1.29, 1.82) is 0 Å². The number of hydrogen-bond acceptors (Lipinski definition) is 3. The summed E-state index contributed by atoms with van der Waals surface area (Å²) in [6.45, 7) is 1.00. The van der Waals surface area contributed by atoms with Crippen LogP contribution in [0.2, 0.25) is 10.0 Å². The van der Waals surface area contributed by atoms with Crippen LogP contribution in [0.3, 0.4) is 0 Å². The van der Waals surface area contributed by atoms with E-state index in [-0.39, 0.29) is 6.03 Å². The second-order valence-corrected chi connectivity index (χ2v) is 5.69. The maximum absolute atomic E-state index is 11.8. The van der Waals surface area contributed by atoms with Crippen molar-refractivity contribution in [2.75, 3.05) is 20.3 Å². The van der Waals surface area contributed by atoms with E-state index in [9.17, 15) is 4.79 Å². The average Bonchev–Trinajstić information content (AvgIpc) is 2.58. The van der Waals surface area contributed by atoms with Crippen LogP contribution >= 0.6 is 23.2 Å². The fourth-order valence-corrected chi connectivity index (χ4v) is 2.44. The first-order valence-corrected chi connectivity index (χ1v) is 8.07. The molecular weight excluding hydrogens is 351 g/mol. The molecule has 0 aromatic heterocycles. The number of amides is 2. The lowest BCUT2D eigenvalue weighted by molar-refractivity contribution is 0.235. The Labute approximate surface area is 150 Å². The van der Waals surface area contributed by atoms with E-state index in [1.807, 2.05) is 18.2 Å². The van der Waals surface area contributed by atoms with Gasteiger partial charge in [-0.1, -0.05) is 41.4 Å². The van der Waals surface area contributed by atoms with Gasteiger partial charge in [0.1, 0.15) is 6.61 Å². The lowest BCUT2D eigenvalue weighted by Gasteiger charge is -2.11. The molecule has 0 aliphatic heterocycles. The predicted molar refractivity (Wildman–Crippen MR) is 95.2 cm³/mol. The van der Waals surface area contributed by atoms with Crippen LogP contribution in [0.1, 0.15) is 5.56 Å². The Kier molecular flexibility index (Phi) is 7.03. The number of ether oxygens (including phenoxy) is 2. The van der Waals surface area contributed by atoms with Crippen LogP contribution in [0, 0.1) is 0 Å². The Morgan fingerprint density at radius 2 is 1.83 bits per heavy atom. The summed E-state index contributed by atoms with van der Waals surface area (Å²) in [7, 11) is 1.58. The number of rotatable bonds is 7. The van der Waals surface area contributed by atoms with Gasteiger partial charge in [-0.3, -0.25) is 0 Å². The number of nitrogens with one attached hydrogen (secondary N) is 2. The Balaban J connectivity index is 1.70. The molecule has 0 aliphatic rings. The first kappa shape index (κ1) is 18.2. The molecule has 2 amide bonds. The maximum Gasteiger partial charge on any atom is 0.315 e. The number of halogens is 2. The SMILES string of the molecule is COc1ccccc1OCCNC(=O)NCc1ccc(Cl)cc1Cl. The van der Waals surface area contributed by atoms with Crippen molar-refractivity contribution in [1.82, 2.24) is 10.6 Å². The van der Waals surface area contributed by atoms with E-state index < -0.39 is 0 Å². The first-order valence-electron chi connectivity index (χ1n) is 7.31. The van der Waals surface area contributed by atoms with Crippen molar-refractivity contribution in [3.05, 3.63) is 58.1 Å². The smallest absolute Gasteiger partial charge is 0.315 e. The molecule has 0 unspecified atom stereocenters. The average molecular weight is 369 g/mol. The highest BCUT2D eigenvalue weighted by Crippen LogP contribution is 2.25. The van der Waals surface area contributed by atoms with Gasteiger partial charge >= 0.3 is 6.03 Å². The molecule has 2 rings (SSSR count). The Hall–Kier alpha value is -2.11. The van der Waals surface area contributed by atoms with Crippen LogP contribution < -0.4 is 20.1 Å². The highest BCUT2D eigenvalue weighted by Gasteiger charge is 2.05. The van der Waals surface area contributed by atoms with Crippen molar-refractivity contribution < 1.29 is 14.3 Å². The van der Waals surface area contributed by atoms with E-state index in [0.29, 0.717) is 41.2 Å². The van der Waals surface area contributed by atoms with Gasteiger partial charge in [-0.25, -0.2) is 4.79 Å². The molecule has 0 saturated carbocycles. The molecule has 0 radical (unpaired) electrons. The van der Waals surface area contributed by atoms with Gasteiger partial charge in [0.2, 0.25) is 0 Å². The predicted octanol–water partition coefficient (Wildman–Crippen LogP) is 3.88. The topological polar surface area (TPSA) is 59.6 Å². The Morgan fingerprint density at radius 1 is 1.08 bits per heavy atom. The zero-order valence-electron chi connectivity index (χ0n) is 13.1. The largest absolute Gasteiger partial charge is 0.493 e. The fraction of sp³-hybridized carbons (Fsp3) is 0.235. The molecule has 5 nitrogen and oxygen atoms in total. The van der Waals surface area contributed by atoms with Crippen LogP contribution in [0.15, 0.2) is 42.5 Å². The zero-order valence-corrected chi connectivity index (χ0v) is 14.7. The third-order valence-electron chi connectivity index (χ3n) is 3.17. The standard InChI is InChI=1S/C17H18Cl2N2O3/c1-23-15-4-2-3-5-16(15)24-9-8-20-17(22)21-11-12-6-7-13(18)10-14(12)19/h2-7,10H,8-9,11H2,1H3,(H2,20,21,22). The van der Waals surface area contributed by atoms with Crippen molar-refractivity contribution in [2.24, 2.45) is 0 Å². The first-order chi connectivity index (χ1) is 11.6. The van der Waals surface area contributed by atoms with Crippen LogP contribution in [-0.2, 0) is 6.54 Å². The van der Waals surface area contributed by atoms with E-state index in [1.165, 1.54) is 0 Å². The van der Waals surface area contributed by atoms with Crippen LogP contribution in [0.5, 0.6) is 11.5 Å². The van der Waals surface area contributed by atoms with Crippen LogP contribution in [0.4, 0.5) is 4.79 Å². The molecule has 2 N–H and O–H groups in total. The van der Waals surface area contributed by atoms with Crippen LogP contribution in [-0.4, -0.2) is 26.3 Å². The number of methoxy groups -OCH3 is 1. The highest BCUT2D eigenvalue weighted by atomic mass is 35.5. The Bertz CT molecular complexity index is 695. The van der Waals surface area contributed by atoms with Gasteiger partial charge in [0.25, 0.3) is 0 Å². The number of benzene rings is 2. The van der Waals surface area contributed by atoms with Crippen molar-refractivity contribution in [3.63, 3.8) is 0 Å². The van der Waals surface area contributed by atoms with E-state index in [1.54, 1.807) is 31.4 Å². The molecular formula is C17H18Cl2N2O3. The second kappa shape index (κ2) is 9.25. The fourth-order valence-electron chi connectivity index (χ4n) is 1.97. The molecule has 0 heterocycles. The normalized spacial score (nSPS) is 10.1. The molecule has 2 aromatic carbocycles. The summed E-state index contributed by atoms with van der Waals surface area (Å²) in [4.78, 5) is 11.8. The van der Waals surface area contributed by atoms with Crippen molar-refractivity contribution in [2.45, 2.75) is 6.54 Å². The Morgan fingerprint density at radius 3 is 2.54 bits per heavy atom. The third kappa shape index (κ3) is 5.51. The van der Waals surface area contributed by atoms with Gasteiger partial charge in [-0.05, 0) is 29.8 Å².